The number of anilines is 1. The van der Waals surface area contributed by atoms with E-state index in [9.17, 15) is 4.79 Å². The molecule has 104 valence electrons. The Bertz CT molecular complexity index is 664. The average molecular weight is 270 g/mol. The van der Waals surface area contributed by atoms with Crippen LogP contribution in [0.4, 0.5) is 5.69 Å². The van der Waals surface area contributed by atoms with Gasteiger partial charge in [-0.25, -0.2) is 0 Å². The summed E-state index contributed by atoms with van der Waals surface area (Å²) in [6.45, 7) is 3.36. The van der Waals surface area contributed by atoms with Gasteiger partial charge in [0.1, 0.15) is 5.75 Å². The van der Waals surface area contributed by atoms with Crippen LogP contribution in [0.25, 0.3) is 0 Å². The molecule has 3 rings (SSSR count). The largest absolute Gasteiger partial charge is 0.493 e. The molecule has 1 aromatic heterocycles. The number of hydrogen-bond acceptors (Lipinski definition) is 3. The number of nitrogens with zero attached hydrogens (tertiary/aromatic N) is 1. The summed E-state index contributed by atoms with van der Waals surface area (Å²) < 4.78 is 7.36. The normalized spacial score (nSPS) is 17.1. The van der Waals surface area contributed by atoms with E-state index in [-0.39, 0.29) is 11.6 Å². The quantitative estimate of drug-likeness (QED) is 0.932. The van der Waals surface area contributed by atoms with Crippen molar-refractivity contribution < 1.29 is 4.74 Å². The SMILES string of the molecule is CCn1cc(NC2CCOc3ccccc32)ccc1=O. The number of para-hydroxylation sites is 1. The van der Waals surface area contributed by atoms with E-state index in [0.29, 0.717) is 13.2 Å². The topological polar surface area (TPSA) is 43.3 Å². The van der Waals surface area contributed by atoms with E-state index in [1.807, 2.05) is 37.4 Å². The van der Waals surface area contributed by atoms with Crippen LogP contribution in [0.15, 0.2) is 47.4 Å². The third kappa shape index (κ3) is 2.41. The van der Waals surface area contributed by atoms with Gasteiger partial charge in [-0.15, -0.1) is 0 Å². The highest BCUT2D eigenvalue weighted by atomic mass is 16.5. The van der Waals surface area contributed by atoms with Gasteiger partial charge >= 0.3 is 0 Å². The fraction of sp³-hybridized carbons (Fsp3) is 0.312. The molecule has 4 nitrogen and oxygen atoms in total. The first-order chi connectivity index (χ1) is 9.78. The summed E-state index contributed by atoms with van der Waals surface area (Å²) in [4.78, 5) is 11.6. The number of hydrogen-bond donors (Lipinski definition) is 1. The minimum Gasteiger partial charge on any atom is -0.493 e. The maximum absolute atomic E-state index is 11.6. The molecule has 1 unspecified atom stereocenters. The smallest absolute Gasteiger partial charge is 0.250 e. The zero-order valence-corrected chi connectivity index (χ0v) is 11.5. The molecule has 0 bridgehead atoms. The van der Waals surface area contributed by atoms with Gasteiger partial charge in [-0.1, -0.05) is 18.2 Å². The van der Waals surface area contributed by atoms with Crippen LogP contribution in [-0.4, -0.2) is 11.2 Å². The molecule has 2 aromatic rings. The van der Waals surface area contributed by atoms with Gasteiger partial charge in [-0.2, -0.15) is 0 Å². The lowest BCUT2D eigenvalue weighted by atomic mass is 10.0. The summed E-state index contributed by atoms with van der Waals surface area (Å²) in [6, 6.07) is 11.8. The monoisotopic (exact) mass is 270 g/mol. The Morgan fingerprint density at radius 2 is 2.15 bits per heavy atom. The lowest BCUT2D eigenvalue weighted by Crippen LogP contribution is -2.22. The van der Waals surface area contributed by atoms with Crippen LogP contribution < -0.4 is 15.6 Å². The van der Waals surface area contributed by atoms with Gasteiger partial charge in [0.2, 0.25) is 0 Å². The lowest BCUT2D eigenvalue weighted by Gasteiger charge is -2.27. The standard InChI is InChI=1S/C16H18N2O2/c1-2-18-11-12(7-8-16(18)19)17-14-9-10-20-15-6-4-3-5-13(14)15/h3-8,11,14,17H,2,9-10H2,1H3. The van der Waals surface area contributed by atoms with Gasteiger partial charge in [0.05, 0.1) is 18.3 Å². The van der Waals surface area contributed by atoms with E-state index >= 15 is 0 Å². The van der Waals surface area contributed by atoms with Crippen LogP contribution in [0.1, 0.15) is 24.9 Å². The molecule has 1 atom stereocenters. The number of ether oxygens (including phenoxy) is 1. The van der Waals surface area contributed by atoms with Gasteiger partial charge in [0, 0.05) is 30.8 Å². The molecule has 1 aromatic carbocycles. The average Bonchev–Trinajstić information content (AvgIpc) is 2.49. The Morgan fingerprint density at radius 3 is 3.00 bits per heavy atom. The predicted octanol–water partition coefficient (Wildman–Crippen LogP) is 2.80. The van der Waals surface area contributed by atoms with Crippen molar-refractivity contribution in [2.45, 2.75) is 25.9 Å². The first-order valence-electron chi connectivity index (χ1n) is 6.96. The number of aromatic nitrogens is 1. The van der Waals surface area contributed by atoms with Crippen LogP contribution in [0.2, 0.25) is 0 Å². The van der Waals surface area contributed by atoms with Crippen LogP contribution >= 0.6 is 0 Å². The third-order valence-corrected chi connectivity index (χ3v) is 3.62. The molecule has 1 aliphatic heterocycles. The minimum absolute atomic E-state index is 0.0328. The van der Waals surface area contributed by atoms with Gasteiger partial charge in [0.25, 0.3) is 5.56 Å². The van der Waals surface area contributed by atoms with Gasteiger partial charge < -0.3 is 14.6 Å². The molecule has 1 aliphatic rings. The molecule has 0 fully saturated rings. The second kappa shape index (κ2) is 5.41. The lowest BCUT2D eigenvalue weighted by molar-refractivity contribution is 0.274. The number of nitrogens with one attached hydrogen (secondary N) is 1. The van der Waals surface area contributed by atoms with E-state index in [1.54, 1.807) is 10.6 Å². The van der Waals surface area contributed by atoms with Crippen molar-refractivity contribution >= 4 is 5.69 Å². The van der Waals surface area contributed by atoms with Crippen molar-refractivity contribution in [3.05, 3.63) is 58.5 Å². The van der Waals surface area contributed by atoms with Crippen molar-refractivity contribution in [1.82, 2.24) is 4.57 Å². The highest BCUT2D eigenvalue weighted by Gasteiger charge is 2.20. The Hall–Kier alpha value is -2.23. The highest BCUT2D eigenvalue weighted by Crippen LogP contribution is 2.33. The molecule has 0 spiro atoms. The van der Waals surface area contributed by atoms with E-state index in [0.717, 1.165) is 17.9 Å². The number of fused-ring (bicyclic) bond motifs is 1. The van der Waals surface area contributed by atoms with Gasteiger partial charge in [0.15, 0.2) is 0 Å². The summed E-state index contributed by atoms with van der Waals surface area (Å²) in [5.74, 6) is 0.945. The van der Waals surface area contributed by atoms with E-state index in [1.165, 1.54) is 5.56 Å². The van der Waals surface area contributed by atoms with Gasteiger partial charge in [-0.05, 0) is 19.1 Å². The molecule has 0 amide bonds. The molecule has 1 N–H and O–H groups in total. The summed E-state index contributed by atoms with van der Waals surface area (Å²) in [7, 11) is 0. The molecule has 4 heteroatoms. The molecule has 0 saturated heterocycles. The number of aryl methyl sites for hydroxylation is 1. The first-order valence-corrected chi connectivity index (χ1v) is 6.96. The number of pyridine rings is 1. The molecule has 0 aliphatic carbocycles. The van der Waals surface area contributed by atoms with Crippen molar-refractivity contribution in [2.24, 2.45) is 0 Å². The second-order valence-electron chi connectivity index (χ2n) is 4.91. The second-order valence-corrected chi connectivity index (χ2v) is 4.91. The number of benzene rings is 1. The van der Waals surface area contributed by atoms with E-state index in [2.05, 4.69) is 11.4 Å². The zero-order valence-electron chi connectivity index (χ0n) is 11.5. The van der Waals surface area contributed by atoms with Crippen LogP contribution in [0.3, 0.4) is 0 Å². The predicted molar refractivity (Wildman–Crippen MR) is 79.3 cm³/mol. The molecular formula is C16H18N2O2. The maximum Gasteiger partial charge on any atom is 0.250 e. The van der Waals surface area contributed by atoms with Crippen LogP contribution in [-0.2, 0) is 6.54 Å². The summed E-state index contributed by atoms with van der Waals surface area (Å²) >= 11 is 0. The molecular weight excluding hydrogens is 252 g/mol. The summed E-state index contributed by atoms with van der Waals surface area (Å²) in [5, 5.41) is 3.50. The third-order valence-electron chi connectivity index (χ3n) is 3.62. The van der Waals surface area contributed by atoms with Crippen LogP contribution in [0, 0.1) is 0 Å². The van der Waals surface area contributed by atoms with Crippen molar-refractivity contribution in [3.63, 3.8) is 0 Å². The Labute approximate surface area is 118 Å². The maximum atomic E-state index is 11.6. The minimum atomic E-state index is 0.0328. The molecule has 2 heterocycles. The Kier molecular flexibility index (Phi) is 3.46. The summed E-state index contributed by atoms with van der Waals surface area (Å²) in [5.41, 5.74) is 2.17. The van der Waals surface area contributed by atoms with Crippen LogP contribution in [0.5, 0.6) is 5.75 Å². The highest BCUT2D eigenvalue weighted by molar-refractivity contribution is 5.47. The van der Waals surface area contributed by atoms with E-state index < -0.39 is 0 Å². The molecule has 0 radical (unpaired) electrons. The van der Waals surface area contributed by atoms with Gasteiger partial charge in [-0.3, -0.25) is 4.79 Å². The zero-order chi connectivity index (χ0) is 13.9. The Morgan fingerprint density at radius 1 is 1.30 bits per heavy atom. The van der Waals surface area contributed by atoms with Crippen molar-refractivity contribution in [1.29, 1.82) is 0 Å². The summed E-state index contributed by atoms with van der Waals surface area (Å²) in [6.07, 6.45) is 2.79. The molecule has 20 heavy (non-hydrogen) atoms. The number of rotatable bonds is 3. The molecule has 0 saturated carbocycles. The van der Waals surface area contributed by atoms with Crippen molar-refractivity contribution in [2.75, 3.05) is 11.9 Å². The fourth-order valence-corrected chi connectivity index (χ4v) is 2.56. The Balaban J connectivity index is 1.87. The first kappa shape index (κ1) is 12.8. The fourth-order valence-electron chi connectivity index (χ4n) is 2.56. The van der Waals surface area contributed by atoms with E-state index in [4.69, 9.17) is 4.74 Å². The van der Waals surface area contributed by atoms with Crippen molar-refractivity contribution in [3.8, 4) is 5.75 Å².